The smallest absolute Gasteiger partial charge is 0.251 e. The Kier molecular flexibility index (Phi) is 4.53. The van der Waals surface area contributed by atoms with Gasteiger partial charge in [-0.05, 0) is 43.4 Å². The van der Waals surface area contributed by atoms with Gasteiger partial charge in [0.2, 0.25) is 0 Å². The van der Waals surface area contributed by atoms with Crippen LogP contribution in [0.5, 0.6) is 0 Å². The van der Waals surface area contributed by atoms with Gasteiger partial charge >= 0.3 is 0 Å². The summed E-state index contributed by atoms with van der Waals surface area (Å²) in [5, 5.41) is 2.94. The molecule has 1 amide bonds. The van der Waals surface area contributed by atoms with Gasteiger partial charge < -0.3 is 11.1 Å². The van der Waals surface area contributed by atoms with E-state index in [1.54, 1.807) is 19.1 Å². The molecule has 0 bridgehead atoms. The molecule has 104 valence electrons. The van der Waals surface area contributed by atoms with E-state index >= 15 is 0 Å². The van der Waals surface area contributed by atoms with Gasteiger partial charge in [-0.2, -0.15) is 0 Å². The van der Waals surface area contributed by atoms with Crippen molar-refractivity contribution in [1.29, 1.82) is 0 Å². The number of aryl methyl sites for hydroxylation is 1. The molecule has 1 aromatic carbocycles. The number of nitrogens with one attached hydrogen (secondary N) is 1. The summed E-state index contributed by atoms with van der Waals surface area (Å²) >= 11 is 0. The lowest BCUT2D eigenvalue weighted by molar-refractivity contribution is 0.0923. The maximum Gasteiger partial charge on any atom is 0.251 e. The number of halogens is 1. The minimum atomic E-state index is -0.349. The van der Waals surface area contributed by atoms with E-state index in [0.29, 0.717) is 23.6 Å². The molecule has 3 N–H and O–H groups in total. The zero-order chi connectivity index (χ0) is 13.8. The molecule has 1 fully saturated rings. The van der Waals surface area contributed by atoms with Gasteiger partial charge in [-0.3, -0.25) is 4.79 Å². The van der Waals surface area contributed by atoms with E-state index in [-0.39, 0.29) is 17.8 Å². The number of amides is 1. The maximum atomic E-state index is 13.5. The van der Waals surface area contributed by atoms with Gasteiger partial charge in [-0.25, -0.2) is 4.39 Å². The Hall–Kier alpha value is -1.42. The normalized spacial score (nSPS) is 17.4. The molecule has 1 unspecified atom stereocenters. The van der Waals surface area contributed by atoms with E-state index in [4.69, 9.17) is 5.73 Å². The summed E-state index contributed by atoms with van der Waals surface area (Å²) in [7, 11) is 0. The number of benzene rings is 1. The van der Waals surface area contributed by atoms with E-state index in [1.165, 1.54) is 18.9 Å². The van der Waals surface area contributed by atoms with Gasteiger partial charge in [-0.15, -0.1) is 0 Å². The van der Waals surface area contributed by atoms with Crippen molar-refractivity contribution in [3.8, 4) is 0 Å². The second kappa shape index (κ2) is 6.15. The molecule has 4 heteroatoms. The van der Waals surface area contributed by atoms with Crippen LogP contribution in [0.15, 0.2) is 18.2 Å². The third-order valence-electron chi connectivity index (χ3n) is 3.97. The summed E-state index contributed by atoms with van der Waals surface area (Å²) in [6, 6.07) is 4.56. The minimum absolute atomic E-state index is 0.000589. The molecule has 1 aromatic rings. The van der Waals surface area contributed by atoms with Crippen molar-refractivity contribution in [3.05, 3.63) is 35.1 Å². The van der Waals surface area contributed by atoms with Crippen molar-refractivity contribution in [2.45, 2.75) is 38.6 Å². The summed E-state index contributed by atoms with van der Waals surface area (Å²) in [4.78, 5) is 12.1. The van der Waals surface area contributed by atoms with Crippen molar-refractivity contribution < 1.29 is 9.18 Å². The van der Waals surface area contributed by atoms with Crippen LogP contribution in [0, 0.1) is 18.7 Å². The second-order valence-electron chi connectivity index (χ2n) is 5.32. The highest BCUT2D eigenvalue weighted by Crippen LogP contribution is 2.27. The molecule has 0 radical (unpaired) electrons. The quantitative estimate of drug-likeness (QED) is 0.877. The Morgan fingerprint density at radius 1 is 1.47 bits per heavy atom. The van der Waals surface area contributed by atoms with E-state index in [9.17, 15) is 9.18 Å². The molecule has 1 aliphatic rings. The fraction of sp³-hybridized carbons (Fsp3) is 0.533. The van der Waals surface area contributed by atoms with E-state index in [0.717, 1.165) is 12.8 Å². The third-order valence-corrected chi connectivity index (χ3v) is 3.97. The summed E-state index contributed by atoms with van der Waals surface area (Å²) in [5.41, 5.74) is 6.65. The first-order chi connectivity index (χ1) is 9.11. The van der Waals surface area contributed by atoms with Crippen LogP contribution >= 0.6 is 0 Å². The topological polar surface area (TPSA) is 55.1 Å². The Morgan fingerprint density at radius 2 is 2.16 bits per heavy atom. The maximum absolute atomic E-state index is 13.5. The Labute approximate surface area is 113 Å². The fourth-order valence-electron chi connectivity index (χ4n) is 2.71. The van der Waals surface area contributed by atoms with Crippen LogP contribution in [-0.2, 0) is 0 Å². The van der Waals surface area contributed by atoms with Crippen molar-refractivity contribution in [1.82, 2.24) is 5.32 Å². The number of hydrogen-bond donors (Lipinski definition) is 2. The van der Waals surface area contributed by atoms with E-state index in [2.05, 4.69) is 5.32 Å². The van der Waals surface area contributed by atoms with Crippen LogP contribution in [0.25, 0.3) is 0 Å². The van der Waals surface area contributed by atoms with Crippen molar-refractivity contribution in [2.24, 2.45) is 11.7 Å². The summed E-state index contributed by atoms with van der Waals surface area (Å²) < 4.78 is 13.5. The van der Waals surface area contributed by atoms with Gasteiger partial charge in [0, 0.05) is 18.2 Å². The van der Waals surface area contributed by atoms with Gasteiger partial charge in [0.25, 0.3) is 5.91 Å². The lowest BCUT2D eigenvalue weighted by Gasteiger charge is -2.23. The highest BCUT2D eigenvalue weighted by atomic mass is 19.1. The molecule has 1 aliphatic carbocycles. The van der Waals surface area contributed by atoms with Crippen LogP contribution < -0.4 is 11.1 Å². The first kappa shape index (κ1) is 14.0. The molecule has 0 spiro atoms. The number of nitrogens with two attached hydrogens (primary N) is 1. The lowest BCUT2D eigenvalue weighted by Crippen LogP contribution is -2.44. The molecular weight excluding hydrogens is 243 g/mol. The van der Waals surface area contributed by atoms with Gasteiger partial charge in [0.1, 0.15) is 5.82 Å². The molecule has 1 atom stereocenters. The van der Waals surface area contributed by atoms with Crippen molar-refractivity contribution in [2.75, 3.05) is 6.54 Å². The first-order valence-corrected chi connectivity index (χ1v) is 6.89. The lowest BCUT2D eigenvalue weighted by atomic mass is 9.97. The van der Waals surface area contributed by atoms with E-state index < -0.39 is 0 Å². The van der Waals surface area contributed by atoms with Gasteiger partial charge in [0.05, 0.1) is 0 Å². The summed E-state index contributed by atoms with van der Waals surface area (Å²) in [6.45, 7) is 2.11. The third kappa shape index (κ3) is 3.32. The van der Waals surface area contributed by atoms with Crippen molar-refractivity contribution >= 4 is 5.91 Å². The molecule has 0 heterocycles. The zero-order valence-electron chi connectivity index (χ0n) is 11.3. The standard InChI is InChI=1S/C15H21FN2O/c1-10-6-7-12(8-13(10)16)15(19)18-14(9-17)11-4-2-3-5-11/h6-8,11,14H,2-5,9,17H2,1H3,(H,18,19). The van der Waals surface area contributed by atoms with Crippen molar-refractivity contribution in [3.63, 3.8) is 0 Å². The number of hydrogen-bond acceptors (Lipinski definition) is 2. The average molecular weight is 264 g/mol. The van der Waals surface area contributed by atoms with Crippen LogP contribution in [0.2, 0.25) is 0 Å². The second-order valence-corrected chi connectivity index (χ2v) is 5.32. The van der Waals surface area contributed by atoms with Crippen LogP contribution in [0.1, 0.15) is 41.6 Å². The Morgan fingerprint density at radius 3 is 2.74 bits per heavy atom. The SMILES string of the molecule is Cc1ccc(C(=O)NC(CN)C2CCCC2)cc1F. The fourth-order valence-corrected chi connectivity index (χ4v) is 2.71. The average Bonchev–Trinajstić information content (AvgIpc) is 2.92. The monoisotopic (exact) mass is 264 g/mol. The predicted molar refractivity (Wildman–Crippen MR) is 73.4 cm³/mol. The Bertz CT molecular complexity index is 455. The summed E-state index contributed by atoms with van der Waals surface area (Å²) in [5.74, 6) is -0.122. The molecule has 1 saturated carbocycles. The molecule has 19 heavy (non-hydrogen) atoms. The molecule has 0 aromatic heterocycles. The van der Waals surface area contributed by atoms with E-state index in [1.807, 2.05) is 0 Å². The van der Waals surface area contributed by atoms with Crippen LogP contribution in [0.4, 0.5) is 4.39 Å². The first-order valence-electron chi connectivity index (χ1n) is 6.89. The molecular formula is C15H21FN2O. The Balaban J connectivity index is 2.04. The molecule has 0 aliphatic heterocycles. The highest BCUT2D eigenvalue weighted by molar-refractivity contribution is 5.94. The number of carbonyl (C=O) groups excluding carboxylic acids is 1. The zero-order valence-corrected chi connectivity index (χ0v) is 11.3. The van der Waals surface area contributed by atoms with Gasteiger partial charge in [-0.1, -0.05) is 18.9 Å². The highest BCUT2D eigenvalue weighted by Gasteiger charge is 2.25. The molecule has 3 nitrogen and oxygen atoms in total. The van der Waals surface area contributed by atoms with Crippen LogP contribution in [-0.4, -0.2) is 18.5 Å². The predicted octanol–water partition coefficient (Wildman–Crippen LogP) is 2.38. The number of rotatable bonds is 4. The summed E-state index contributed by atoms with van der Waals surface area (Å²) in [6.07, 6.45) is 4.64. The van der Waals surface area contributed by atoms with Crippen LogP contribution in [0.3, 0.4) is 0 Å². The van der Waals surface area contributed by atoms with Gasteiger partial charge in [0.15, 0.2) is 0 Å². The molecule has 0 saturated heterocycles. The largest absolute Gasteiger partial charge is 0.348 e. The minimum Gasteiger partial charge on any atom is -0.348 e. The number of carbonyl (C=O) groups is 1. The molecule has 2 rings (SSSR count).